The Balaban J connectivity index is 1.70. The largest absolute Gasteiger partial charge is 0.351 e. The van der Waals surface area contributed by atoms with Gasteiger partial charge < -0.3 is 9.88 Å². The Labute approximate surface area is 158 Å². The third-order valence-electron chi connectivity index (χ3n) is 4.61. The van der Waals surface area contributed by atoms with Gasteiger partial charge in [-0.2, -0.15) is 0 Å². The molecule has 0 bridgehead atoms. The number of nitrogens with zero attached hydrogens (tertiary/aromatic N) is 2. The molecule has 1 aliphatic rings. The van der Waals surface area contributed by atoms with E-state index in [0.29, 0.717) is 36.6 Å². The molecule has 1 fully saturated rings. The summed E-state index contributed by atoms with van der Waals surface area (Å²) < 4.78 is 27.0. The van der Waals surface area contributed by atoms with Crippen LogP contribution in [0.5, 0.6) is 0 Å². The van der Waals surface area contributed by atoms with Gasteiger partial charge in [-0.25, -0.2) is 12.7 Å². The van der Waals surface area contributed by atoms with Gasteiger partial charge in [-0.3, -0.25) is 4.79 Å². The summed E-state index contributed by atoms with van der Waals surface area (Å²) in [7, 11) is -3.13. The van der Waals surface area contributed by atoms with Crippen molar-refractivity contribution in [1.82, 2.24) is 14.2 Å². The Morgan fingerprint density at radius 1 is 1.23 bits per heavy atom. The maximum absolute atomic E-state index is 12.5. The lowest BCUT2D eigenvalue weighted by Gasteiger charge is -2.14. The van der Waals surface area contributed by atoms with Crippen LogP contribution in [0.1, 0.15) is 28.2 Å². The highest BCUT2D eigenvalue weighted by Gasteiger charge is 2.27. The quantitative estimate of drug-likeness (QED) is 0.845. The molecule has 26 heavy (non-hydrogen) atoms. The van der Waals surface area contributed by atoms with Crippen LogP contribution in [0.4, 0.5) is 0 Å². The molecule has 0 radical (unpaired) electrons. The van der Waals surface area contributed by atoms with Crippen LogP contribution >= 0.6 is 11.6 Å². The number of halogens is 1. The summed E-state index contributed by atoms with van der Waals surface area (Å²) >= 11 is 5.95. The molecule has 1 aliphatic heterocycles. The Morgan fingerprint density at radius 3 is 2.54 bits per heavy atom. The van der Waals surface area contributed by atoms with Crippen LogP contribution < -0.4 is 5.32 Å². The highest BCUT2D eigenvalue weighted by atomic mass is 35.5. The average Bonchev–Trinajstić information content (AvgIpc) is 3.07. The molecule has 0 unspecified atom stereocenters. The second kappa shape index (κ2) is 7.42. The van der Waals surface area contributed by atoms with E-state index >= 15 is 0 Å². The fourth-order valence-electron chi connectivity index (χ4n) is 3.31. The van der Waals surface area contributed by atoms with E-state index in [2.05, 4.69) is 5.32 Å². The maximum atomic E-state index is 12.5. The number of carbonyl (C=O) groups is 1. The van der Waals surface area contributed by atoms with E-state index in [4.69, 9.17) is 11.6 Å². The van der Waals surface area contributed by atoms with Crippen molar-refractivity contribution in [3.63, 3.8) is 0 Å². The monoisotopic (exact) mass is 395 g/mol. The van der Waals surface area contributed by atoms with Crippen molar-refractivity contribution in [2.75, 3.05) is 25.4 Å². The first-order chi connectivity index (χ1) is 12.3. The summed E-state index contributed by atoms with van der Waals surface area (Å²) in [5, 5.41) is 3.48. The molecule has 1 saturated heterocycles. The zero-order chi connectivity index (χ0) is 18.9. The van der Waals surface area contributed by atoms with Crippen molar-refractivity contribution in [2.24, 2.45) is 0 Å². The number of aromatic nitrogens is 1. The summed E-state index contributed by atoms with van der Waals surface area (Å²) in [5.74, 6) is -0.00155. The predicted molar refractivity (Wildman–Crippen MR) is 103 cm³/mol. The van der Waals surface area contributed by atoms with Gasteiger partial charge in [0.2, 0.25) is 10.0 Å². The predicted octanol–water partition coefficient (Wildman–Crippen LogP) is 2.51. The van der Waals surface area contributed by atoms with Crippen LogP contribution in [0.25, 0.3) is 5.69 Å². The maximum Gasteiger partial charge on any atom is 0.253 e. The van der Waals surface area contributed by atoms with Crippen molar-refractivity contribution in [1.29, 1.82) is 0 Å². The number of nitrogens with one attached hydrogen (secondary N) is 1. The van der Waals surface area contributed by atoms with Crippen molar-refractivity contribution in [3.05, 3.63) is 52.3 Å². The number of sulfonamides is 1. The van der Waals surface area contributed by atoms with Gasteiger partial charge in [-0.05, 0) is 50.6 Å². The lowest BCUT2D eigenvalue weighted by Crippen LogP contribution is -2.36. The van der Waals surface area contributed by atoms with Crippen molar-refractivity contribution in [2.45, 2.75) is 20.3 Å². The van der Waals surface area contributed by atoms with E-state index in [0.717, 1.165) is 17.1 Å². The van der Waals surface area contributed by atoms with E-state index < -0.39 is 10.0 Å². The smallest absolute Gasteiger partial charge is 0.253 e. The van der Waals surface area contributed by atoms with E-state index in [1.807, 2.05) is 48.7 Å². The molecule has 0 spiro atoms. The first kappa shape index (κ1) is 18.9. The van der Waals surface area contributed by atoms with Gasteiger partial charge in [-0.15, -0.1) is 0 Å². The molecule has 3 rings (SSSR count). The Morgan fingerprint density at radius 2 is 1.92 bits per heavy atom. The highest BCUT2D eigenvalue weighted by molar-refractivity contribution is 7.89. The minimum atomic E-state index is -3.13. The molecule has 0 aliphatic carbocycles. The molecule has 6 nitrogen and oxygen atoms in total. The van der Waals surface area contributed by atoms with Gasteiger partial charge in [0, 0.05) is 41.7 Å². The van der Waals surface area contributed by atoms with Gasteiger partial charge in [0.15, 0.2) is 0 Å². The lowest BCUT2D eigenvalue weighted by atomic mass is 10.2. The first-order valence-corrected chi connectivity index (χ1v) is 10.5. The summed E-state index contributed by atoms with van der Waals surface area (Å²) in [4.78, 5) is 12.5. The number of hydrogen-bond donors (Lipinski definition) is 1. The Bertz CT molecular complexity index is 920. The number of aryl methyl sites for hydroxylation is 1. The van der Waals surface area contributed by atoms with Crippen LogP contribution in [0.2, 0.25) is 5.02 Å². The molecule has 1 N–H and O–H groups in total. The van der Waals surface area contributed by atoms with E-state index in [9.17, 15) is 13.2 Å². The molecule has 8 heteroatoms. The van der Waals surface area contributed by atoms with Crippen LogP contribution in [0.15, 0.2) is 30.3 Å². The highest BCUT2D eigenvalue weighted by Crippen LogP contribution is 2.22. The van der Waals surface area contributed by atoms with E-state index in [1.54, 1.807) is 0 Å². The molecule has 2 heterocycles. The summed E-state index contributed by atoms with van der Waals surface area (Å²) in [5.41, 5.74) is 3.29. The normalized spacial score (nSPS) is 16.7. The first-order valence-electron chi connectivity index (χ1n) is 8.50. The van der Waals surface area contributed by atoms with E-state index in [1.165, 1.54) is 4.31 Å². The fourth-order valence-corrected chi connectivity index (χ4v) is 4.97. The molecular weight excluding hydrogens is 374 g/mol. The second-order valence-electron chi connectivity index (χ2n) is 6.42. The molecular formula is C18H22ClN3O3S. The van der Waals surface area contributed by atoms with Gasteiger partial charge in [-0.1, -0.05) is 11.6 Å². The number of benzene rings is 1. The van der Waals surface area contributed by atoms with Gasteiger partial charge in [0.1, 0.15) is 0 Å². The molecule has 0 saturated carbocycles. The molecule has 0 atom stereocenters. The third-order valence-corrected chi connectivity index (χ3v) is 6.82. The molecule has 140 valence electrons. The van der Waals surface area contributed by atoms with Crippen LogP contribution in [0.3, 0.4) is 0 Å². The van der Waals surface area contributed by atoms with Crippen molar-refractivity contribution < 1.29 is 13.2 Å². The van der Waals surface area contributed by atoms with Crippen molar-refractivity contribution >= 4 is 27.5 Å². The number of hydrogen-bond acceptors (Lipinski definition) is 3. The van der Waals surface area contributed by atoms with Gasteiger partial charge in [0.05, 0.1) is 11.3 Å². The van der Waals surface area contributed by atoms with Gasteiger partial charge in [0.25, 0.3) is 5.91 Å². The van der Waals surface area contributed by atoms with Gasteiger partial charge >= 0.3 is 0 Å². The summed E-state index contributed by atoms with van der Waals surface area (Å²) in [6.45, 7) is 4.96. The zero-order valence-corrected chi connectivity index (χ0v) is 16.4. The molecule has 2 aromatic rings. The standard InChI is InChI=1S/C18H22ClN3O3S/c1-13-12-17(14(2)22(13)16-6-4-15(19)5-7-16)18(23)20-8-10-21-9-3-11-26(21,24)25/h4-7,12H,3,8-11H2,1-2H3,(H,20,23). The zero-order valence-electron chi connectivity index (χ0n) is 14.8. The summed E-state index contributed by atoms with van der Waals surface area (Å²) in [6, 6.07) is 9.27. The minimum absolute atomic E-state index is 0.198. The second-order valence-corrected chi connectivity index (χ2v) is 8.95. The van der Waals surface area contributed by atoms with Crippen LogP contribution in [-0.2, 0) is 10.0 Å². The van der Waals surface area contributed by atoms with E-state index in [-0.39, 0.29) is 11.7 Å². The van der Waals surface area contributed by atoms with Crippen LogP contribution in [0, 0.1) is 13.8 Å². The fraction of sp³-hybridized carbons (Fsp3) is 0.389. The topological polar surface area (TPSA) is 71.4 Å². The Hall–Kier alpha value is -1.83. The van der Waals surface area contributed by atoms with Crippen LogP contribution in [-0.4, -0.2) is 48.6 Å². The molecule has 1 aromatic carbocycles. The number of amides is 1. The average molecular weight is 396 g/mol. The summed E-state index contributed by atoms with van der Waals surface area (Å²) in [6.07, 6.45) is 0.651. The molecule has 1 aromatic heterocycles. The van der Waals surface area contributed by atoms with Crippen molar-refractivity contribution in [3.8, 4) is 5.69 Å². The minimum Gasteiger partial charge on any atom is -0.351 e. The number of carbonyl (C=O) groups excluding carboxylic acids is 1. The SMILES string of the molecule is Cc1cc(C(=O)NCCN2CCCS2(=O)=O)c(C)n1-c1ccc(Cl)cc1. The number of rotatable bonds is 5. The third kappa shape index (κ3) is 3.79. The lowest BCUT2D eigenvalue weighted by molar-refractivity contribution is 0.0951. The Kier molecular flexibility index (Phi) is 5.41. The molecule has 1 amide bonds.